The fourth-order valence-corrected chi connectivity index (χ4v) is 3.11. The van der Waals surface area contributed by atoms with E-state index in [1.807, 2.05) is 36.4 Å². The van der Waals surface area contributed by atoms with E-state index in [1.54, 1.807) is 0 Å². The first-order valence-corrected chi connectivity index (χ1v) is 9.04. The van der Waals surface area contributed by atoms with E-state index in [0.717, 1.165) is 25.1 Å². The number of halogens is 2. The van der Waals surface area contributed by atoms with Crippen molar-refractivity contribution in [3.63, 3.8) is 0 Å². The number of para-hydroxylation sites is 2. The highest BCUT2D eigenvalue weighted by atomic mass is 127. The van der Waals surface area contributed by atoms with E-state index in [0.29, 0.717) is 0 Å². The van der Waals surface area contributed by atoms with Gasteiger partial charge in [-0.3, -0.25) is 0 Å². The maximum absolute atomic E-state index is 5.99. The Morgan fingerprint density at radius 1 is 0.762 bits per heavy atom. The summed E-state index contributed by atoms with van der Waals surface area (Å²) in [6, 6.07) is 16.1. The van der Waals surface area contributed by atoms with Crippen LogP contribution < -0.4 is 9.47 Å². The summed E-state index contributed by atoms with van der Waals surface area (Å²) in [5.74, 6) is 1.87. The zero-order valence-electron chi connectivity index (χ0n) is 12.1. The lowest BCUT2D eigenvalue weighted by molar-refractivity contribution is 0.129. The summed E-state index contributed by atoms with van der Waals surface area (Å²) < 4.78 is 14.3. The number of hydrogen-bond acceptors (Lipinski definition) is 2. The molecule has 4 heteroatoms. The Hall–Kier alpha value is -0.500. The van der Waals surface area contributed by atoms with Gasteiger partial charge in [-0.15, -0.1) is 0 Å². The van der Waals surface area contributed by atoms with E-state index in [-0.39, 0.29) is 12.2 Å². The van der Waals surface area contributed by atoms with E-state index in [4.69, 9.17) is 9.47 Å². The van der Waals surface area contributed by atoms with E-state index in [1.165, 1.54) is 0 Å². The minimum Gasteiger partial charge on any atom is -0.489 e. The molecule has 2 rings (SSSR count). The summed E-state index contributed by atoms with van der Waals surface area (Å²) in [4.78, 5) is 0. The van der Waals surface area contributed by atoms with E-state index in [2.05, 4.69) is 71.2 Å². The molecule has 0 aliphatic carbocycles. The van der Waals surface area contributed by atoms with Crippen LogP contribution in [0, 0.1) is 7.14 Å². The SMILES string of the molecule is C[C@H](C[C@@H](C)Oc1ccccc1I)Oc1ccccc1I. The molecule has 0 amide bonds. The van der Waals surface area contributed by atoms with Gasteiger partial charge in [0, 0.05) is 6.42 Å². The van der Waals surface area contributed by atoms with Gasteiger partial charge in [-0.1, -0.05) is 24.3 Å². The van der Waals surface area contributed by atoms with Crippen LogP contribution >= 0.6 is 45.2 Å². The van der Waals surface area contributed by atoms with Crippen molar-refractivity contribution in [2.45, 2.75) is 32.5 Å². The third-order valence-electron chi connectivity index (χ3n) is 2.99. The average molecular weight is 508 g/mol. The van der Waals surface area contributed by atoms with Gasteiger partial charge in [0.2, 0.25) is 0 Å². The van der Waals surface area contributed by atoms with Gasteiger partial charge in [-0.2, -0.15) is 0 Å². The lowest BCUT2D eigenvalue weighted by atomic mass is 10.2. The second-order valence-electron chi connectivity index (χ2n) is 4.95. The zero-order valence-corrected chi connectivity index (χ0v) is 16.4. The molecule has 2 atom stereocenters. The number of benzene rings is 2. The predicted molar refractivity (Wildman–Crippen MR) is 103 cm³/mol. The normalized spacial score (nSPS) is 13.5. The van der Waals surface area contributed by atoms with Crippen molar-refractivity contribution in [1.29, 1.82) is 0 Å². The zero-order chi connectivity index (χ0) is 15.2. The van der Waals surface area contributed by atoms with Gasteiger partial charge in [0.15, 0.2) is 0 Å². The van der Waals surface area contributed by atoms with Gasteiger partial charge in [-0.25, -0.2) is 0 Å². The van der Waals surface area contributed by atoms with Crippen LogP contribution in [0.2, 0.25) is 0 Å². The lowest BCUT2D eigenvalue weighted by Crippen LogP contribution is -2.23. The number of hydrogen-bond donors (Lipinski definition) is 0. The molecule has 0 spiro atoms. The molecular weight excluding hydrogens is 490 g/mol. The highest BCUT2D eigenvalue weighted by Crippen LogP contribution is 2.24. The molecule has 0 bridgehead atoms. The van der Waals surface area contributed by atoms with Crippen LogP contribution in [-0.4, -0.2) is 12.2 Å². The van der Waals surface area contributed by atoms with Crippen LogP contribution in [0.15, 0.2) is 48.5 Å². The van der Waals surface area contributed by atoms with Crippen LogP contribution in [0.5, 0.6) is 11.5 Å². The van der Waals surface area contributed by atoms with Gasteiger partial charge in [0.05, 0.1) is 19.3 Å². The molecule has 0 aromatic heterocycles. The van der Waals surface area contributed by atoms with E-state index in [9.17, 15) is 0 Å². The van der Waals surface area contributed by atoms with E-state index < -0.39 is 0 Å². The second-order valence-corrected chi connectivity index (χ2v) is 7.28. The Bertz CT molecular complexity index is 535. The molecule has 2 nitrogen and oxygen atoms in total. The van der Waals surface area contributed by atoms with Crippen molar-refractivity contribution in [3.05, 3.63) is 55.7 Å². The fraction of sp³-hybridized carbons (Fsp3) is 0.294. The number of ether oxygens (including phenoxy) is 2. The van der Waals surface area contributed by atoms with Gasteiger partial charge in [-0.05, 0) is 83.3 Å². The summed E-state index contributed by atoms with van der Waals surface area (Å²) in [5.41, 5.74) is 0. The van der Waals surface area contributed by atoms with Crippen LogP contribution in [0.1, 0.15) is 20.3 Å². The van der Waals surface area contributed by atoms with Crippen molar-refractivity contribution < 1.29 is 9.47 Å². The highest BCUT2D eigenvalue weighted by Gasteiger charge is 2.13. The number of rotatable bonds is 6. The molecule has 0 N–H and O–H groups in total. The first kappa shape index (κ1) is 16.9. The summed E-state index contributed by atoms with van der Waals surface area (Å²) in [6.45, 7) is 4.16. The largest absolute Gasteiger partial charge is 0.489 e. The molecule has 112 valence electrons. The van der Waals surface area contributed by atoms with Crippen LogP contribution in [0.25, 0.3) is 0 Å². The molecular formula is C17H18I2O2. The molecule has 0 unspecified atom stereocenters. The van der Waals surface area contributed by atoms with Crippen molar-refractivity contribution >= 4 is 45.2 Å². The molecule has 0 aliphatic rings. The highest BCUT2D eigenvalue weighted by molar-refractivity contribution is 14.1. The molecule has 0 heterocycles. The Labute approximate surface area is 153 Å². The van der Waals surface area contributed by atoms with Crippen molar-refractivity contribution in [3.8, 4) is 11.5 Å². The van der Waals surface area contributed by atoms with Crippen molar-refractivity contribution in [2.75, 3.05) is 0 Å². The topological polar surface area (TPSA) is 18.5 Å². The quantitative estimate of drug-likeness (QED) is 0.479. The minimum atomic E-state index is 0.109. The lowest BCUT2D eigenvalue weighted by Gasteiger charge is -2.21. The third-order valence-corrected chi connectivity index (χ3v) is 4.78. The molecule has 21 heavy (non-hydrogen) atoms. The molecule has 0 saturated heterocycles. The fourth-order valence-electron chi connectivity index (χ4n) is 2.08. The minimum absolute atomic E-state index is 0.109. The van der Waals surface area contributed by atoms with Crippen molar-refractivity contribution in [2.24, 2.45) is 0 Å². The molecule has 0 radical (unpaired) electrons. The van der Waals surface area contributed by atoms with Gasteiger partial charge in [0.1, 0.15) is 11.5 Å². The van der Waals surface area contributed by atoms with Crippen LogP contribution in [-0.2, 0) is 0 Å². The van der Waals surface area contributed by atoms with E-state index >= 15 is 0 Å². The Morgan fingerprint density at radius 3 is 1.52 bits per heavy atom. The molecule has 2 aromatic carbocycles. The summed E-state index contributed by atoms with van der Waals surface area (Å²) in [7, 11) is 0. The first-order valence-electron chi connectivity index (χ1n) is 6.88. The molecule has 0 fully saturated rings. The standard InChI is InChI=1S/C17H18I2O2/c1-12(20-16-9-5-3-7-14(16)18)11-13(2)21-17-10-6-4-8-15(17)19/h3-10,12-13H,11H2,1-2H3/t12-,13-/m1/s1. The second kappa shape index (κ2) is 8.22. The maximum atomic E-state index is 5.99. The molecule has 2 aromatic rings. The summed E-state index contributed by atoms with van der Waals surface area (Å²) >= 11 is 4.59. The Kier molecular flexibility index (Phi) is 6.60. The third kappa shape index (κ3) is 5.32. The molecule has 0 saturated carbocycles. The first-order chi connectivity index (χ1) is 10.1. The summed E-state index contributed by atoms with van der Waals surface area (Å²) in [6.07, 6.45) is 1.06. The average Bonchev–Trinajstić information content (AvgIpc) is 2.44. The van der Waals surface area contributed by atoms with Crippen LogP contribution in [0.3, 0.4) is 0 Å². The predicted octanol–water partition coefficient (Wildman–Crippen LogP) is 5.52. The van der Waals surface area contributed by atoms with Crippen LogP contribution in [0.4, 0.5) is 0 Å². The smallest absolute Gasteiger partial charge is 0.133 e. The Morgan fingerprint density at radius 2 is 1.14 bits per heavy atom. The maximum Gasteiger partial charge on any atom is 0.133 e. The monoisotopic (exact) mass is 508 g/mol. The molecule has 0 aliphatic heterocycles. The van der Waals surface area contributed by atoms with Gasteiger partial charge in [0.25, 0.3) is 0 Å². The Balaban J connectivity index is 1.89. The van der Waals surface area contributed by atoms with Gasteiger partial charge < -0.3 is 9.47 Å². The van der Waals surface area contributed by atoms with Crippen molar-refractivity contribution in [1.82, 2.24) is 0 Å². The van der Waals surface area contributed by atoms with Gasteiger partial charge >= 0.3 is 0 Å². The summed E-state index contributed by atoms with van der Waals surface area (Å²) in [5, 5.41) is 0.